The predicted molar refractivity (Wildman–Crippen MR) is 73.2 cm³/mol. The highest BCUT2D eigenvalue weighted by Crippen LogP contribution is 2.20. The van der Waals surface area contributed by atoms with Crippen LogP contribution in [-0.4, -0.2) is 44.9 Å². The van der Waals surface area contributed by atoms with Crippen molar-refractivity contribution < 1.29 is 19.0 Å². The second-order valence-electron chi connectivity index (χ2n) is 4.68. The van der Waals surface area contributed by atoms with E-state index < -0.39 is 0 Å². The summed E-state index contributed by atoms with van der Waals surface area (Å²) in [5.41, 5.74) is 0.413. The Hall–Kier alpha value is -1.82. The van der Waals surface area contributed by atoms with E-state index in [2.05, 4.69) is 10.3 Å². The maximum Gasteiger partial charge on any atom is 0.256 e. The Labute approximate surface area is 118 Å². The van der Waals surface area contributed by atoms with Crippen molar-refractivity contribution >= 4 is 5.91 Å². The van der Waals surface area contributed by atoms with E-state index in [0.717, 1.165) is 26.1 Å². The first kappa shape index (κ1) is 14.6. The molecule has 20 heavy (non-hydrogen) atoms. The molecule has 1 amide bonds. The van der Waals surface area contributed by atoms with E-state index >= 15 is 0 Å². The Morgan fingerprint density at radius 1 is 1.45 bits per heavy atom. The lowest BCUT2D eigenvalue weighted by Gasteiger charge is -2.11. The van der Waals surface area contributed by atoms with Gasteiger partial charge in [-0.15, -0.1) is 0 Å². The molecule has 1 aliphatic heterocycles. The van der Waals surface area contributed by atoms with E-state index in [-0.39, 0.29) is 11.8 Å². The number of hydrogen-bond donors (Lipinski definition) is 1. The van der Waals surface area contributed by atoms with Gasteiger partial charge in [0.25, 0.3) is 5.91 Å². The zero-order valence-corrected chi connectivity index (χ0v) is 11.8. The van der Waals surface area contributed by atoms with Gasteiger partial charge in [0.2, 0.25) is 11.8 Å². The Morgan fingerprint density at radius 2 is 2.30 bits per heavy atom. The molecule has 1 unspecified atom stereocenters. The molecule has 0 aliphatic carbocycles. The van der Waals surface area contributed by atoms with E-state index in [0.29, 0.717) is 23.9 Å². The van der Waals surface area contributed by atoms with Gasteiger partial charge in [-0.05, 0) is 24.8 Å². The van der Waals surface area contributed by atoms with Crippen LogP contribution in [0, 0.1) is 5.92 Å². The van der Waals surface area contributed by atoms with E-state index in [4.69, 9.17) is 14.2 Å². The number of carbonyl (C=O) groups excluding carboxylic acids is 1. The molecule has 2 heterocycles. The van der Waals surface area contributed by atoms with Gasteiger partial charge in [0.05, 0.1) is 14.2 Å². The number of carbonyl (C=O) groups is 1. The molecule has 0 saturated carbocycles. The molecular weight excluding hydrogens is 260 g/mol. The number of nitrogens with one attached hydrogen (secondary N) is 1. The molecule has 1 fully saturated rings. The molecule has 1 N–H and O–H groups in total. The van der Waals surface area contributed by atoms with Crippen LogP contribution in [0.1, 0.15) is 23.2 Å². The molecule has 1 atom stereocenters. The summed E-state index contributed by atoms with van der Waals surface area (Å²) in [5.74, 6) is 1.05. The van der Waals surface area contributed by atoms with Crippen molar-refractivity contribution in [2.75, 3.05) is 34.0 Å². The number of ether oxygens (including phenoxy) is 3. The molecular formula is C14H20N2O4. The maximum absolute atomic E-state index is 12.1. The van der Waals surface area contributed by atoms with Crippen molar-refractivity contribution in [2.24, 2.45) is 5.92 Å². The molecule has 6 nitrogen and oxygen atoms in total. The third-order valence-electron chi connectivity index (χ3n) is 3.34. The van der Waals surface area contributed by atoms with E-state index in [1.165, 1.54) is 14.2 Å². The third-order valence-corrected chi connectivity index (χ3v) is 3.34. The number of rotatable bonds is 6. The number of aromatic nitrogens is 1. The number of methoxy groups -OCH3 is 2. The van der Waals surface area contributed by atoms with Gasteiger partial charge in [0.1, 0.15) is 5.56 Å². The molecule has 1 saturated heterocycles. The summed E-state index contributed by atoms with van der Waals surface area (Å²) in [5, 5.41) is 2.88. The summed E-state index contributed by atoms with van der Waals surface area (Å²) in [6.45, 7) is 2.25. The molecule has 0 aromatic carbocycles. The zero-order valence-electron chi connectivity index (χ0n) is 11.8. The standard InChI is InChI=1S/C14H20N2O4/c1-18-12-4-3-11(14(16-12)19-2)13(17)15-7-5-10-6-8-20-9-10/h3-4,10H,5-9H2,1-2H3,(H,15,17). The van der Waals surface area contributed by atoms with Gasteiger partial charge in [-0.1, -0.05) is 0 Å². The van der Waals surface area contributed by atoms with Crippen LogP contribution in [0.4, 0.5) is 0 Å². The van der Waals surface area contributed by atoms with E-state index in [9.17, 15) is 4.79 Å². The minimum absolute atomic E-state index is 0.184. The van der Waals surface area contributed by atoms with Crippen molar-refractivity contribution in [1.29, 1.82) is 0 Å². The van der Waals surface area contributed by atoms with Crippen LogP contribution in [0.15, 0.2) is 12.1 Å². The normalized spacial score (nSPS) is 17.8. The van der Waals surface area contributed by atoms with Crippen LogP contribution in [0.3, 0.4) is 0 Å². The van der Waals surface area contributed by atoms with Crippen LogP contribution in [0.2, 0.25) is 0 Å². The summed E-state index contributed by atoms with van der Waals surface area (Å²) in [6.07, 6.45) is 2.00. The van der Waals surface area contributed by atoms with Crippen molar-refractivity contribution in [1.82, 2.24) is 10.3 Å². The Balaban J connectivity index is 1.90. The Bertz CT molecular complexity index is 458. The van der Waals surface area contributed by atoms with E-state index in [1.807, 2.05) is 0 Å². The van der Waals surface area contributed by atoms with Gasteiger partial charge >= 0.3 is 0 Å². The molecule has 1 aromatic rings. The first-order valence-electron chi connectivity index (χ1n) is 6.69. The van der Waals surface area contributed by atoms with Crippen molar-refractivity contribution in [3.63, 3.8) is 0 Å². The van der Waals surface area contributed by atoms with Gasteiger partial charge < -0.3 is 19.5 Å². The fourth-order valence-corrected chi connectivity index (χ4v) is 2.16. The Morgan fingerprint density at radius 3 is 2.95 bits per heavy atom. The van der Waals surface area contributed by atoms with Crippen LogP contribution >= 0.6 is 0 Å². The maximum atomic E-state index is 12.1. The van der Waals surface area contributed by atoms with Crippen molar-refractivity contribution in [2.45, 2.75) is 12.8 Å². The summed E-state index contributed by atoms with van der Waals surface area (Å²) >= 11 is 0. The number of hydrogen-bond acceptors (Lipinski definition) is 5. The smallest absolute Gasteiger partial charge is 0.256 e. The van der Waals surface area contributed by atoms with Gasteiger partial charge in [-0.3, -0.25) is 4.79 Å². The fourth-order valence-electron chi connectivity index (χ4n) is 2.16. The molecule has 1 aromatic heterocycles. The lowest BCUT2D eigenvalue weighted by atomic mass is 10.1. The molecule has 0 radical (unpaired) electrons. The average molecular weight is 280 g/mol. The van der Waals surface area contributed by atoms with Gasteiger partial charge in [0.15, 0.2) is 0 Å². The zero-order chi connectivity index (χ0) is 14.4. The lowest BCUT2D eigenvalue weighted by Crippen LogP contribution is -2.26. The summed E-state index contributed by atoms with van der Waals surface area (Å²) in [7, 11) is 3.00. The van der Waals surface area contributed by atoms with Crippen molar-refractivity contribution in [3.05, 3.63) is 17.7 Å². The molecule has 110 valence electrons. The highest BCUT2D eigenvalue weighted by Gasteiger charge is 2.17. The molecule has 0 spiro atoms. The summed E-state index contributed by atoms with van der Waals surface area (Å²) in [6, 6.07) is 3.29. The second-order valence-corrected chi connectivity index (χ2v) is 4.68. The lowest BCUT2D eigenvalue weighted by molar-refractivity contribution is 0.0946. The molecule has 1 aliphatic rings. The average Bonchev–Trinajstić information content (AvgIpc) is 2.99. The van der Waals surface area contributed by atoms with Crippen LogP contribution < -0.4 is 14.8 Å². The van der Waals surface area contributed by atoms with Crippen molar-refractivity contribution in [3.8, 4) is 11.8 Å². The van der Waals surface area contributed by atoms with Gasteiger partial charge in [-0.2, -0.15) is 4.98 Å². The largest absolute Gasteiger partial charge is 0.481 e. The third kappa shape index (κ3) is 3.60. The molecule has 6 heteroatoms. The SMILES string of the molecule is COc1ccc(C(=O)NCCC2CCOC2)c(OC)n1. The molecule has 2 rings (SSSR count). The first-order valence-corrected chi connectivity index (χ1v) is 6.69. The summed E-state index contributed by atoms with van der Waals surface area (Å²) in [4.78, 5) is 16.2. The van der Waals surface area contributed by atoms with Crippen LogP contribution in [0.25, 0.3) is 0 Å². The fraction of sp³-hybridized carbons (Fsp3) is 0.571. The Kier molecular flexibility index (Phi) is 5.17. The quantitative estimate of drug-likeness (QED) is 0.849. The second kappa shape index (κ2) is 7.09. The highest BCUT2D eigenvalue weighted by molar-refractivity contribution is 5.96. The van der Waals surface area contributed by atoms with Gasteiger partial charge in [0, 0.05) is 25.8 Å². The minimum atomic E-state index is -0.184. The number of pyridine rings is 1. The molecule has 0 bridgehead atoms. The van der Waals surface area contributed by atoms with Gasteiger partial charge in [-0.25, -0.2) is 0 Å². The first-order chi connectivity index (χ1) is 9.74. The number of amides is 1. The highest BCUT2D eigenvalue weighted by atomic mass is 16.5. The monoisotopic (exact) mass is 280 g/mol. The minimum Gasteiger partial charge on any atom is -0.481 e. The van der Waals surface area contributed by atoms with Crippen LogP contribution in [0.5, 0.6) is 11.8 Å². The van der Waals surface area contributed by atoms with Crippen LogP contribution in [-0.2, 0) is 4.74 Å². The van der Waals surface area contributed by atoms with E-state index in [1.54, 1.807) is 12.1 Å². The topological polar surface area (TPSA) is 69.7 Å². The number of nitrogens with zero attached hydrogens (tertiary/aromatic N) is 1. The predicted octanol–water partition coefficient (Wildman–Crippen LogP) is 1.26. The summed E-state index contributed by atoms with van der Waals surface area (Å²) < 4.78 is 15.4.